The lowest BCUT2D eigenvalue weighted by Crippen LogP contribution is -2.37. The molecule has 1 unspecified atom stereocenters. The Morgan fingerprint density at radius 2 is 2.05 bits per heavy atom. The van der Waals surface area contributed by atoms with Crippen LogP contribution in [0.5, 0.6) is 0 Å². The molecular formula is C13H17ClN2O3. The maximum absolute atomic E-state index is 11.8. The molecule has 1 aromatic carbocycles. The maximum atomic E-state index is 11.8. The largest absolute Gasteiger partial charge is 0.478 e. The van der Waals surface area contributed by atoms with E-state index in [9.17, 15) is 9.59 Å². The first-order valence-corrected chi connectivity index (χ1v) is 6.28. The highest BCUT2D eigenvalue weighted by atomic mass is 35.5. The van der Waals surface area contributed by atoms with Crippen LogP contribution in [0.2, 0.25) is 5.02 Å². The predicted molar refractivity (Wildman–Crippen MR) is 74.5 cm³/mol. The van der Waals surface area contributed by atoms with Crippen molar-refractivity contribution >= 4 is 29.2 Å². The smallest absolute Gasteiger partial charge is 0.337 e. The van der Waals surface area contributed by atoms with Gasteiger partial charge in [-0.05, 0) is 30.5 Å². The first kappa shape index (κ1) is 15.5. The Balaban J connectivity index is 2.87. The van der Waals surface area contributed by atoms with Crippen molar-refractivity contribution in [3.05, 3.63) is 28.8 Å². The summed E-state index contributed by atoms with van der Waals surface area (Å²) >= 11 is 5.73. The molecule has 1 aromatic rings. The van der Waals surface area contributed by atoms with Crippen molar-refractivity contribution in [1.82, 2.24) is 0 Å². The Morgan fingerprint density at radius 1 is 1.42 bits per heavy atom. The van der Waals surface area contributed by atoms with Crippen molar-refractivity contribution in [2.45, 2.75) is 26.3 Å². The number of carbonyl (C=O) groups excluding carboxylic acids is 1. The molecule has 6 heteroatoms. The minimum atomic E-state index is -1.16. The summed E-state index contributed by atoms with van der Waals surface area (Å²) in [5, 5.41) is 11.9. The zero-order valence-corrected chi connectivity index (χ0v) is 11.6. The van der Waals surface area contributed by atoms with E-state index in [1.807, 2.05) is 13.8 Å². The lowest BCUT2D eigenvalue weighted by molar-refractivity contribution is -0.117. The molecule has 0 heterocycles. The molecule has 0 aromatic heterocycles. The molecule has 1 rings (SSSR count). The molecule has 0 saturated carbocycles. The van der Waals surface area contributed by atoms with Crippen LogP contribution in [0.15, 0.2) is 18.2 Å². The van der Waals surface area contributed by atoms with Crippen molar-refractivity contribution in [3.63, 3.8) is 0 Å². The van der Waals surface area contributed by atoms with Gasteiger partial charge in [-0.2, -0.15) is 0 Å². The number of nitrogens with two attached hydrogens (primary N) is 1. The molecule has 1 amide bonds. The number of nitrogens with one attached hydrogen (secondary N) is 1. The number of carboxylic acid groups (broad SMARTS) is 1. The van der Waals surface area contributed by atoms with E-state index in [0.29, 0.717) is 11.4 Å². The van der Waals surface area contributed by atoms with Gasteiger partial charge >= 0.3 is 5.97 Å². The van der Waals surface area contributed by atoms with Crippen LogP contribution < -0.4 is 11.1 Å². The molecule has 104 valence electrons. The van der Waals surface area contributed by atoms with E-state index in [4.69, 9.17) is 22.4 Å². The first-order valence-electron chi connectivity index (χ1n) is 5.90. The van der Waals surface area contributed by atoms with E-state index in [-0.39, 0.29) is 17.2 Å². The number of carboxylic acids is 1. The number of hydrogen-bond acceptors (Lipinski definition) is 3. The molecule has 0 aliphatic rings. The van der Waals surface area contributed by atoms with Crippen molar-refractivity contribution in [2.75, 3.05) is 5.32 Å². The van der Waals surface area contributed by atoms with Gasteiger partial charge in [-0.1, -0.05) is 25.4 Å². The molecule has 0 aliphatic heterocycles. The third-order valence-electron chi connectivity index (χ3n) is 2.53. The van der Waals surface area contributed by atoms with Gasteiger partial charge in [-0.15, -0.1) is 0 Å². The van der Waals surface area contributed by atoms with Crippen LogP contribution >= 0.6 is 11.6 Å². The molecule has 0 aliphatic carbocycles. The summed E-state index contributed by atoms with van der Waals surface area (Å²) in [5.74, 6) is -1.28. The Kier molecular flexibility index (Phi) is 5.32. The summed E-state index contributed by atoms with van der Waals surface area (Å²) < 4.78 is 0. The minimum Gasteiger partial charge on any atom is -0.478 e. The number of hydrogen-bond donors (Lipinski definition) is 3. The Bertz CT molecular complexity index is 489. The fourth-order valence-corrected chi connectivity index (χ4v) is 1.81. The lowest BCUT2D eigenvalue weighted by Gasteiger charge is -2.15. The fraction of sp³-hybridized carbons (Fsp3) is 0.385. The van der Waals surface area contributed by atoms with Crippen molar-refractivity contribution in [2.24, 2.45) is 11.7 Å². The fourth-order valence-electron chi connectivity index (χ4n) is 1.64. The normalized spacial score (nSPS) is 12.3. The van der Waals surface area contributed by atoms with Crippen LogP contribution in [0.1, 0.15) is 30.6 Å². The standard InChI is InChI=1S/C13H17ClN2O3/c1-7(2)5-10(15)12(17)16-11-4-3-8(14)6-9(11)13(18)19/h3-4,6-7,10H,5,15H2,1-2H3,(H,16,17)(H,18,19). The number of benzene rings is 1. The number of rotatable bonds is 5. The molecular weight excluding hydrogens is 268 g/mol. The van der Waals surface area contributed by atoms with Gasteiger partial charge < -0.3 is 16.2 Å². The highest BCUT2D eigenvalue weighted by molar-refractivity contribution is 6.31. The summed E-state index contributed by atoms with van der Waals surface area (Å²) in [4.78, 5) is 22.9. The number of aromatic carboxylic acids is 1. The second-order valence-electron chi connectivity index (χ2n) is 4.72. The number of halogens is 1. The number of anilines is 1. The van der Waals surface area contributed by atoms with Gasteiger partial charge in [0.2, 0.25) is 5.91 Å². The van der Waals surface area contributed by atoms with Crippen LogP contribution in [0.25, 0.3) is 0 Å². The summed E-state index contributed by atoms with van der Waals surface area (Å²) in [6.07, 6.45) is 0.530. The summed E-state index contributed by atoms with van der Waals surface area (Å²) in [6.45, 7) is 3.91. The molecule has 5 nitrogen and oxygen atoms in total. The van der Waals surface area contributed by atoms with E-state index in [0.717, 1.165) is 0 Å². The third kappa shape index (κ3) is 4.54. The van der Waals surface area contributed by atoms with Gasteiger partial charge in [0.05, 0.1) is 17.3 Å². The predicted octanol–water partition coefficient (Wildman–Crippen LogP) is 2.35. The number of carbonyl (C=O) groups is 2. The third-order valence-corrected chi connectivity index (χ3v) is 2.77. The Hall–Kier alpha value is -1.59. The Morgan fingerprint density at radius 3 is 2.58 bits per heavy atom. The van der Waals surface area contributed by atoms with Gasteiger partial charge in [-0.3, -0.25) is 4.79 Å². The van der Waals surface area contributed by atoms with Crippen molar-refractivity contribution < 1.29 is 14.7 Å². The van der Waals surface area contributed by atoms with Crippen LogP contribution in [0, 0.1) is 5.92 Å². The average molecular weight is 285 g/mol. The van der Waals surface area contributed by atoms with Crippen LogP contribution in [0.3, 0.4) is 0 Å². The van der Waals surface area contributed by atoms with E-state index in [2.05, 4.69) is 5.32 Å². The van der Waals surface area contributed by atoms with Gasteiger partial charge in [0.25, 0.3) is 0 Å². The number of amides is 1. The monoisotopic (exact) mass is 284 g/mol. The highest BCUT2D eigenvalue weighted by Gasteiger charge is 2.18. The summed E-state index contributed by atoms with van der Waals surface area (Å²) in [7, 11) is 0. The minimum absolute atomic E-state index is 0.0578. The molecule has 1 atom stereocenters. The summed E-state index contributed by atoms with van der Waals surface area (Å²) in [6, 6.07) is 3.58. The molecule has 0 saturated heterocycles. The topological polar surface area (TPSA) is 92.4 Å². The van der Waals surface area contributed by atoms with Crippen molar-refractivity contribution in [1.29, 1.82) is 0 Å². The zero-order valence-electron chi connectivity index (χ0n) is 10.8. The molecule has 0 bridgehead atoms. The zero-order chi connectivity index (χ0) is 14.6. The molecule has 19 heavy (non-hydrogen) atoms. The quantitative estimate of drug-likeness (QED) is 0.774. The van der Waals surface area contributed by atoms with Gasteiger partial charge in [0, 0.05) is 5.02 Å². The van der Waals surface area contributed by atoms with Crippen LogP contribution in [-0.2, 0) is 4.79 Å². The van der Waals surface area contributed by atoms with Gasteiger partial charge in [0.1, 0.15) is 0 Å². The first-order chi connectivity index (χ1) is 8.81. The van der Waals surface area contributed by atoms with E-state index in [1.54, 1.807) is 0 Å². The average Bonchev–Trinajstić information content (AvgIpc) is 2.30. The summed E-state index contributed by atoms with van der Waals surface area (Å²) in [5.41, 5.74) is 5.87. The molecule has 4 N–H and O–H groups in total. The van der Waals surface area contributed by atoms with Crippen LogP contribution in [-0.4, -0.2) is 23.0 Å². The molecule has 0 spiro atoms. The van der Waals surface area contributed by atoms with E-state index in [1.165, 1.54) is 18.2 Å². The van der Waals surface area contributed by atoms with Gasteiger partial charge in [-0.25, -0.2) is 4.79 Å². The van der Waals surface area contributed by atoms with Gasteiger partial charge in [0.15, 0.2) is 0 Å². The van der Waals surface area contributed by atoms with Crippen molar-refractivity contribution in [3.8, 4) is 0 Å². The van der Waals surface area contributed by atoms with E-state index < -0.39 is 17.9 Å². The SMILES string of the molecule is CC(C)CC(N)C(=O)Nc1ccc(Cl)cc1C(=O)O. The lowest BCUT2D eigenvalue weighted by atomic mass is 10.0. The van der Waals surface area contributed by atoms with E-state index >= 15 is 0 Å². The van der Waals surface area contributed by atoms with Crippen LogP contribution in [0.4, 0.5) is 5.69 Å². The molecule has 0 fully saturated rings. The maximum Gasteiger partial charge on any atom is 0.337 e. The second-order valence-corrected chi connectivity index (χ2v) is 5.16. The highest BCUT2D eigenvalue weighted by Crippen LogP contribution is 2.21. The Labute approximate surface area is 116 Å². The molecule has 0 radical (unpaired) electrons. The second kappa shape index (κ2) is 6.54.